The maximum Gasteiger partial charge on any atom is 0.417 e. The molecule has 0 amide bonds. The fourth-order valence-electron chi connectivity index (χ4n) is 3.21. The zero-order valence-electron chi connectivity index (χ0n) is 15.1. The number of thiol groups is 1. The summed E-state index contributed by atoms with van der Waals surface area (Å²) in [5.74, 6) is -1.27. The van der Waals surface area contributed by atoms with Crippen LogP contribution in [0.4, 0.5) is 35.1 Å². The fourth-order valence-corrected chi connectivity index (χ4v) is 3.42. The molecule has 0 saturated heterocycles. The Labute approximate surface area is 171 Å². The first-order valence-corrected chi connectivity index (χ1v) is 8.80. The van der Waals surface area contributed by atoms with E-state index in [1.807, 2.05) is 0 Å². The van der Waals surface area contributed by atoms with Gasteiger partial charge in [-0.3, -0.25) is 0 Å². The lowest BCUT2D eigenvalue weighted by Crippen LogP contribution is -2.50. The van der Waals surface area contributed by atoms with E-state index in [0.717, 1.165) is 41.9 Å². The van der Waals surface area contributed by atoms with Crippen LogP contribution < -0.4 is 0 Å². The molecule has 10 heteroatoms. The molecule has 1 aromatic heterocycles. The summed E-state index contributed by atoms with van der Waals surface area (Å²) in [6.07, 6.45) is -11.6. The maximum absolute atomic E-state index is 13.6. The monoisotopic (exact) mass is 451 g/mol. The van der Waals surface area contributed by atoms with Gasteiger partial charge in [0, 0.05) is 12.6 Å². The summed E-state index contributed by atoms with van der Waals surface area (Å²) >= 11 is 3.07. The second kappa shape index (κ2) is 7.33. The van der Waals surface area contributed by atoms with Gasteiger partial charge in [-0.15, -0.1) is 12.6 Å². The number of hydrogen-bond acceptors (Lipinski definition) is 1. The second-order valence-electron chi connectivity index (χ2n) is 6.57. The van der Waals surface area contributed by atoms with Gasteiger partial charge in [0.05, 0.1) is 11.4 Å². The molecule has 0 radical (unpaired) electrons. The zero-order valence-corrected chi connectivity index (χ0v) is 16.0. The number of halogens is 8. The number of benzene rings is 2. The fraction of sp³-hybridized carbons (Fsp3) is 0.200. The molecule has 3 rings (SSSR count). The molecule has 0 N–H and O–H groups in total. The van der Waals surface area contributed by atoms with E-state index in [9.17, 15) is 35.1 Å². The Balaban J connectivity index is 2.38. The number of rotatable bonds is 3. The zero-order chi connectivity index (χ0) is 22.5. The third-order valence-corrected chi connectivity index (χ3v) is 5.43. The molecular weight excluding hydrogens is 438 g/mol. The molecule has 160 valence electrons. The molecule has 0 aliphatic carbocycles. The Hall–Kier alpha value is -2.49. The van der Waals surface area contributed by atoms with Crippen molar-refractivity contribution in [2.45, 2.75) is 17.1 Å². The van der Waals surface area contributed by atoms with Gasteiger partial charge >= 0.3 is 12.4 Å². The van der Waals surface area contributed by atoms with Gasteiger partial charge in [0.25, 0.3) is 0 Å². The van der Waals surface area contributed by atoms with Crippen LogP contribution in [0.15, 0.2) is 54.6 Å². The van der Waals surface area contributed by atoms with Crippen LogP contribution in [0.5, 0.6) is 0 Å². The molecule has 0 aliphatic heterocycles. The summed E-state index contributed by atoms with van der Waals surface area (Å²) in [6, 6.07) is 9.73. The van der Waals surface area contributed by atoms with Crippen molar-refractivity contribution < 1.29 is 35.1 Å². The van der Waals surface area contributed by atoms with Crippen molar-refractivity contribution in [3.05, 3.63) is 71.9 Å². The number of hydrogen-bond donors (Lipinski definition) is 1. The Bertz CT molecular complexity index is 1030. The predicted molar refractivity (Wildman–Crippen MR) is 99.0 cm³/mol. The summed E-state index contributed by atoms with van der Waals surface area (Å²) in [5.41, 5.74) is -0.888. The third-order valence-electron chi connectivity index (χ3n) is 4.70. The molecule has 0 fully saturated rings. The lowest BCUT2D eigenvalue weighted by Gasteiger charge is -2.33. The highest BCUT2D eigenvalue weighted by Gasteiger charge is 2.71. The number of aromatic nitrogens is 1. The third kappa shape index (κ3) is 3.57. The molecule has 0 aliphatic rings. The highest BCUT2D eigenvalue weighted by molar-refractivity contribution is 7.81. The minimum Gasteiger partial charge on any atom is -0.345 e. The van der Waals surface area contributed by atoms with E-state index < -0.39 is 34.4 Å². The molecular formula is C20H13F8NS. The highest BCUT2D eigenvalue weighted by atomic mass is 32.1. The van der Waals surface area contributed by atoms with Crippen LogP contribution in [0.3, 0.4) is 0 Å². The maximum atomic E-state index is 13.6. The molecule has 0 spiro atoms. The second-order valence-corrected chi connectivity index (χ2v) is 7.24. The van der Waals surface area contributed by atoms with Crippen molar-refractivity contribution in [3.8, 4) is 22.4 Å². The van der Waals surface area contributed by atoms with Crippen molar-refractivity contribution >= 4 is 12.6 Å². The van der Waals surface area contributed by atoms with Crippen LogP contribution in [0, 0.1) is 11.6 Å². The minimum atomic E-state index is -5.78. The van der Waals surface area contributed by atoms with E-state index in [1.54, 1.807) is 0 Å². The standard InChI is InChI=1S/C20H13F8NS/c1-29-16(18(30,19(23,24)25)20(26,27)28)10-15(11-2-6-13(21)7-3-11)17(29)12-4-8-14(22)9-5-12/h2-10,30H,1H3. The molecule has 30 heavy (non-hydrogen) atoms. The van der Waals surface area contributed by atoms with Crippen LogP contribution in [0.1, 0.15) is 5.69 Å². The van der Waals surface area contributed by atoms with Crippen LogP contribution in [0.2, 0.25) is 0 Å². The van der Waals surface area contributed by atoms with E-state index >= 15 is 0 Å². The van der Waals surface area contributed by atoms with Gasteiger partial charge in [-0.25, -0.2) is 8.78 Å². The summed E-state index contributed by atoms with van der Waals surface area (Å²) < 4.78 is 105. The first-order valence-electron chi connectivity index (χ1n) is 8.35. The Morgan fingerprint density at radius 1 is 0.700 bits per heavy atom. The topological polar surface area (TPSA) is 4.93 Å². The van der Waals surface area contributed by atoms with Crippen LogP contribution >= 0.6 is 12.6 Å². The van der Waals surface area contributed by atoms with Crippen molar-refractivity contribution in [1.29, 1.82) is 0 Å². The lowest BCUT2D eigenvalue weighted by molar-refractivity contribution is -0.269. The molecule has 1 nitrogen and oxygen atoms in total. The summed E-state index contributed by atoms with van der Waals surface area (Å²) in [4.78, 5) is 0. The first-order chi connectivity index (χ1) is 13.8. The summed E-state index contributed by atoms with van der Waals surface area (Å²) in [6.45, 7) is 0. The molecule has 2 aromatic carbocycles. The molecule has 1 heterocycles. The van der Waals surface area contributed by atoms with Gasteiger partial charge in [-0.1, -0.05) is 12.1 Å². The lowest BCUT2D eigenvalue weighted by atomic mass is 9.99. The highest BCUT2D eigenvalue weighted by Crippen LogP contribution is 2.56. The SMILES string of the molecule is Cn1c(C(S)(C(F)(F)F)C(F)(F)F)cc(-c2ccc(F)cc2)c1-c1ccc(F)cc1. The van der Waals surface area contributed by atoms with E-state index in [1.165, 1.54) is 24.3 Å². The van der Waals surface area contributed by atoms with Gasteiger partial charge in [-0.2, -0.15) is 26.3 Å². The number of nitrogens with zero attached hydrogens (tertiary/aromatic N) is 1. The van der Waals surface area contributed by atoms with Crippen LogP contribution in [-0.4, -0.2) is 16.9 Å². The van der Waals surface area contributed by atoms with Crippen molar-refractivity contribution in [3.63, 3.8) is 0 Å². The van der Waals surface area contributed by atoms with E-state index in [4.69, 9.17) is 0 Å². The summed E-state index contributed by atoms with van der Waals surface area (Å²) in [7, 11) is 1.03. The molecule has 0 saturated carbocycles. The van der Waals surface area contributed by atoms with Crippen molar-refractivity contribution in [1.82, 2.24) is 4.57 Å². The van der Waals surface area contributed by atoms with Crippen molar-refractivity contribution in [2.24, 2.45) is 7.05 Å². The van der Waals surface area contributed by atoms with E-state index in [-0.39, 0.29) is 22.4 Å². The number of alkyl halides is 6. The van der Waals surface area contributed by atoms with Gasteiger partial charge < -0.3 is 4.57 Å². The molecule has 3 aromatic rings. The smallest absolute Gasteiger partial charge is 0.345 e. The average Bonchev–Trinajstić information content (AvgIpc) is 2.98. The van der Waals surface area contributed by atoms with Gasteiger partial charge in [0.1, 0.15) is 11.6 Å². The molecule has 0 atom stereocenters. The molecule has 0 unspecified atom stereocenters. The van der Waals surface area contributed by atoms with Crippen molar-refractivity contribution in [2.75, 3.05) is 0 Å². The van der Waals surface area contributed by atoms with E-state index in [0.29, 0.717) is 0 Å². The summed E-state index contributed by atoms with van der Waals surface area (Å²) in [5, 5.41) is 0. The quantitative estimate of drug-likeness (QED) is 0.327. The van der Waals surface area contributed by atoms with Gasteiger partial charge in [-0.05, 0) is 53.6 Å². The predicted octanol–water partition coefficient (Wildman–Crippen LogP) is 6.89. The van der Waals surface area contributed by atoms with Gasteiger partial charge in [0.2, 0.25) is 4.75 Å². The first kappa shape index (κ1) is 22.2. The Morgan fingerprint density at radius 2 is 1.10 bits per heavy atom. The van der Waals surface area contributed by atoms with Gasteiger partial charge in [0.15, 0.2) is 0 Å². The minimum absolute atomic E-state index is 0.0222. The Morgan fingerprint density at radius 3 is 1.50 bits per heavy atom. The molecule has 0 bridgehead atoms. The average molecular weight is 451 g/mol. The normalized spacial score (nSPS) is 13.0. The Kier molecular flexibility index (Phi) is 5.43. The van der Waals surface area contributed by atoms with E-state index in [2.05, 4.69) is 12.6 Å². The largest absolute Gasteiger partial charge is 0.417 e. The van der Waals surface area contributed by atoms with Crippen LogP contribution in [0.25, 0.3) is 22.4 Å². The van der Waals surface area contributed by atoms with Crippen LogP contribution in [-0.2, 0) is 11.8 Å².